The van der Waals surface area contributed by atoms with Gasteiger partial charge in [0.2, 0.25) is 5.91 Å². The highest BCUT2D eigenvalue weighted by molar-refractivity contribution is 7.12. The summed E-state index contributed by atoms with van der Waals surface area (Å²) in [5.74, 6) is -2.00. The second-order valence-electron chi connectivity index (χ2n) is 4.49. The van der Waals surface area contributed by atoms with Crippen LogP contribution in [0, 0.1) is 0 Å². The molecule has 0 saturated carbocycles. The number of anilines is 1. The van der Waals surface area contributed by atoms with Crippen molar-refractivity contribution in [3.8, 4) is 5.75 Å². The molecule has 0 aliphatic carbocycles. The number of nitrogens with one attached hydrogen (secondary N) is 1. The monoisotopic (exact) mass is 319 g/mol. The Bertz CT molecular complexity index is 709. The Hall–Kier alpha value is -2.67. The second-order valence-corrected chi connectivity index (χ2v) is 5.43. The molecule has 114 valence electrons. The number of rotatable bonds is 6. The largest absolute Gasteiger partial charge is 0.506 e. The second kappa shape index (κ2) is 6.86. The molecule has 2 rings (SSSR count). The first-order valence-corrected chi connectivity index (χ1v) is 7.28. The van der Waals surface area contributed by atoms with E-state index in [1.807, 2.05) is 0 Å². The number of aromatic hydroxyl groups is 1. The molecule has 2 aromatic rings. The van der Waals surface area contributed by atoms with Crippen LogP contribution in [0.3, 0.4) is 0 Å². The summed E-state index contributed by atoms with van der Waals surface area (Å²) < 4.78 is 0. The summed E-state index contributed by atoms with van der Waals surface area (Å²) in [4.78, 5) is 35.0. The fourth-order valence-corrected chi connectivity index (χ4v) is 2.46. The van der Waals surface area contributed by atoms with E-state index in [2.05, 4.69) is 5.32 Å². The van der Waals surface area contributed by atoms with Crippen molar-refractivity contribution in [3.63, 3.8) is 0 Å². The van der Waals surface area contributed by atoms with Gasteiger partial charge in [0, 0.05) is 12.8 Å². The Morgan fingerprint density at radius 3 is 2.55 bits per heavy atom. The topological polar surface area (TPSA) is 104 Å². The van der Waals surface area contributed by atoms with Gasteiger partial charge >= 0.3 is 5.97 Å². The van der Waals surface area contributed by atoms with Gasteiger partial charge in [0.1, 0.15) is 5.75 Å². The molecule has 0 aliphatic heterocycles. The van der Waals surface area contributed by atoms with Crippen molar-refractivity contribution in [1.29, 1.82) is 0 Å². The number of amides is 1. The van der Waals surface area contributed by atoms with Gasteiger partial charge in [-0.05, 0) is 29.6 Å². The van der Waals surface area contributed by atoms with Gasteiger partial charge in [0.15, 0.2) is 5.78 Å². The number of hydrogen-bond donors (Lipinski definition) is 3. The number of aromatic carboxylic acids is 1. The van der Waals surface area contributed by atoms with Gasteiger partial charge in [-0.25, -0.2) is 4.79 Å². The van der Waals surface area contributed by atoms with Gasteiger partial charge in [-0.15, -0.1) is 11.3 Å². The molecule has 22 heavy (non-hydrogen) atoms. The summed E-state index contributed by atoms with van der Waals surface area (Å²) in [6, 6.07) is 7.03. The number of carboxylic acid groups (broad SMARTS) is 1. The van der Waals surface area contributed by atoms with E-state index in [0.717, 1.165) is 6.07 Å². The molecule has 1 heterocycles. The molecule has 1 amide bonds. The maximum atomic E-state index is 11.8. The Labute approximate surface area is 130 Å². The minimum absolute atomic E-state index is 0.00784. The maximum absolute atomic E-state index is 11.8. The molecule has 0 fully saturated rings. The van der Waals surface area contributed by atoms with Crippen molar-refractivity contribution in [2.45, 2.75) is 12.8 Å². The van der Waals surface area contributed by atoms with Gasteiger partial charge in [-0.3, -0.25) is 9.59 Å². The Kier molecular flexibility index (Phi) is 4.90. The molecule has 0 radical (unpaired) electrons. The highest BCUT2D eigenvalue weighted by atomic mass is 32.1. The van der Waals surface area contributed by atoms with E-state index in [4.69, 9.17) is 5.11 Å². The van der Waals surface area contributed by atoms with Crippen LogP contribution in [0.15, 0.2) is 35.7 Å². The number of ketones is 1. The smallest absolute Gasteiger partial charge is 0.335 e. The Morgan fingerprint density at radius 1 is 1.14 bits per heavy atom. The van der Waals surface area contributed by atoms with Gasteiger partial charge in [0.25, 0.3) is 0 Å². The number of carboxylic acids is 1. The van der Waals surface area contributed by atoms with Gasteiger partial charge in [0.05, 0.1) is 16.1 Å². The highest BCUT2D eigenvalue weighted by Crippen LogP contribution is 2.24. The minimum atomic E-state index is -1.16. The molecule has 0 unspecified atom stereocenters. The summed E-state index contributed by atoms with van der Waals surface area (Å²) in [6.07, 6.45) is -0.000791. The van der Waals surface area contributed by atoms with Crippen LogP contribution in [0.25, 0.3) is 0 Å². The first-order chi connectivity index (χ1) is 10.5. The van der Waals surface area contributed by atoms with Crippen molar-refractivity contribution < 1.29 is 24.6 Å². The fourth-order valence-electron chi connectivity index (χ4n) is 1.77. The lowest BCUT2D eigenvalue weighted by molar-refractivity contribution is -0.116. The minimum Gasteiger partial charge on any atom is -0.506 e. The number of carbonyl (C=O) groups excluding carboxylic acids is 2. The zero-order chi connectivity index (χ0) is 16.1. The van der Waals surface area contributed by atoms with Crippen LogP contribution in [0.1, 0.15) is 32.9 Å². The van der Waals surface area contributed by atoms with E-state index in [1.165, 1.54) is 23.5 Å². The predicted octanol–water partition coefficient (Wildman–Crippen LogP) is 2.75. The summed E-state index contributed by atoms with van der Waals surface area (Å²) in [5.41, 5.74) is -0.0452. The van der Waals surface area contributed by atoms with Crippen LogP contribution in [0.4, 0.5) is 5.69 Å². The summed E-state index contributed by atoms with van der Waals surface area (Å²) in [6.45, 7) is 0. The third-order valence-electron chi connectivity index (χ3n) is 2.89. The third kappa shape index (κ3) is 3.92. The highest BCUT2D eigenvalue weighted by Gasteiger charge is 2.13. The van der Waals surface area contributed by atoms with Crippen molar-refractivity contribution in [3.05, 3.63) is 46.2 Å². The molecule has 0 aliphatic rings. The first kappa shape index (κ1) is 15.7. The number of hydrogen-bond acceptors (Lipinski definition) is 5. The van der Waals surface area contributed by atoms with Crippen LogP contribution in [-0.2, 0) is 4.79 Å². The number of phenols is 1. The van der Waals surface area contributed by atoms with Crippen molar-refractivity contribution in [2.75, 3.05) is 5.32 Å². The van der Waals surface area contributed by atoms with Gasteiger partial charge in [-0.1, -0.05) is 6.07 Å². The van der Waals surface area contributed by atoms with Crippen LogP contribution in [-0.4, -0.2) is 27.9 Å². The van der Waals surface area contributed by atoms with Crippen molar-refractivity contribution >= 4 is 34.7 Å². The van der Waals surface area contributed by atoms with E-state index in [-0.39, 0.29) is 35.6 Å². The molecule has 0 atom stereocenters. The quantitative estimate of drug-likeness (QED) is 0.561. The van der Waals surface area contributed by atoms with Gasteiger partial charge < -0.3 is 15.5 Å². The molecular weight excluding hydrogens is 306 g/mol. The lowest BCUT2D eigenvalue weighted by atomic mass is 10.1. The Morgan fingerprint density at radius 2 is 1.91 bits per heavy atom. The van der Waals surface area contributed by atoms with Crippen molar-refractivity contribution in [1.82, 2.24) is 0 Å². The molecule has 0 spiro atoms. The SMILES string of the molecule is O=C(CCC(=O)c1cccs1)Nc1cc(C(=O)O)ccc1O. The number of thiophene rings is 1. The zero-order valence-corrected chi connectivity index (χ0v) is 12.2. The lowest BCUT2D eigenvalue weighted by Gasteiger charge is -2.08. The molecule has 6 nitrogen and oxygen atoms in total. The molecule has 0 saturated heterocycles. The summed E-state index contributed by atoms with van der Waals surface area (Å²) >= 11 is 1.31. The third-order valence-corrected chi connectivity index (χ3v) is 3.80. The van der Waals surface area contributed by atoms with Crippen LogP contribution in [0.2, 0.25) is 0 Å². The summed E-state index contributed by atoms with van der Waals surface area (Å²) in [5, 5.41) is 22.7. The molecule has 1 aromatic heterocycles. The maximum Gasteiger partial charge on any atom is 0.335 e. The molecule has 0 bridgehead atoms. The van der Waals surface area contributed by atoms with E-state index in [9.17, 15) is 19.5 Å². The average Bonchev–Trinajstić information content (AvgIpc) is 3.01. The normalized spacial score (nSPS) is 10.2. The molecular formula is C15H13NO5S. The Balaban J connectivity index is 1.96. The number of Topliss-reactive ketones (excluding diaryl/α,β-unsaturated/α-hetero) is 1. The van der Waals surface area contributed by atoms with Crippen LogP contribution >= 0.6 is 11.3 Å². The summed E-state index contributed by atoms with van der Waals surface area (Å²) in [7, 11) is 0. The zero-order valence-electron chi connectivity index (χ0n) is 11.4. The number of carbonyl (C=O) groups is 3. The fraction of sp³-hybridized carbons (Fsp3) is 0.133. The number of benzene rings is 1. The lowest BCUT2D eigenvalue weighted by Crippen LogP contribution is -2.13. The van der Waals surface area contributed by atoms with E-state index >= 15 is 0 Å². The van der Waals surface area contributed by atoms with Crippen LogP contribution in [0.5, 0.6) is 5.75 Å². The van der Waals surface area contributed by atoms with Crippen LogP contribution < -0.4 is 5.32 Å². The van der Waals surface area contributed by atoms with E-state index < -0.39 is 11.9 Å². The first-order valence-electron chi connectivity index (χ1n) is 6.40. The van der Waals surface area contributed by atoms with E-state index in [1.54, 1.807) is 17.5 Å². The molecule has 1 aromatic carbocycles. The number of phenolic OH excluding ortho intramolecular Hbond substituents is 1. The van der Waals surface area contributed by atoms with Crippen molar-refractivity contribution in [2.24, 2.45) is 0 Å². The standard InChI is InChI=1S/C15H13NO5S/c17-11-4-3-9(15(20)21)8-10(11)16-14(19)6-5-12(18)13-2-1-7-22-13/h1-4,7-8,17H,5-6H2,(H,16,19)(H,20,21). The predicted molar refractivity (Wildman–Crippen MR) is 81.6 cm³/mol. The molecule has 7 heteroatoms. The van der Waals surface area contributed by atoms with Gasteiger partial charge in [-0.2, -0.15) is 0 Å². The average molecular weight is 319 g/mol. The van der Waals surface area contributed by atoms with E-state index in [0.29, 0.717) is 4.88 Å². The molecule has 3 N–H and O–H groups in total.